The van der Waals surface area contributed by atoms with Crippen LogP contribution in [0.1, 0.15) is 32.8 Å². The van der Waals surface area contributed by atoms with E-state index in [1.54, 1.807) is 0 Å². The molecule has 1 aromatic carbocycles. The first kappa shape index (κ1) is 13.0. The van der Waals surface area contributed by atoms with E-state index < -0.39 is 0 Å². The zero-order valence-corrected chi connectivity index (χ0v) is 10.7. The summed E-state index contributed by atoms with van der Waals surface area (Å²) in [6.07, 6.45) is 1.23. The van der Waals surface area contributed by atoms with E-state index in [-0.39, 0.29) is 0 Å². The maximum Gasteiger partial charge on any atom is 0.0366 e. The zero-order valence-electron chi connectivity index (χ0n) is 10.7. The summed E-state index contributed by atoms with van der Waals surface area (Å²) in [7, 11) is 0. The fraction of sp³-hybridized carbons (Fsp3) is 0.571. The highest BCUT2D eigenvalue weighted by molar-refractivity contribution is 5.47. The molecule has 16 heavy (non-hydrogen) atoms. The van der Waals surface area contributed by atoms with Crippen molar-refractivity contribution in [1.82, 2.24) is 0 Å². The van der Waals surface area contributed by atoms with Gasteiger partial charge in [-0.25, -0.2) is 0 Å². The summed E-state index contributed by atoms with van der Waals surface area (Å²) in [5.41, 5.74) is 8.10. The highest BCUT2D eigenvalue weighted by atomic mass is 15.1. The average Bonchev–Trinajstić information content (AvgIpc) is 2.35. The zero-order chi connectivity index (χ0) is 12.0. The summed E-state index contributed by atoms with van der Waals surface area (Å²) in [5, 5.41) is 0. The lowest BCUT2D eigenvalue weighted by Crippen LogP contribution is -2.27. The minimum atomic E-state index is 0.623. The lowest BCUT2D eigenvalue weighted by Gasteiger charge is -2.26. The second-order valence-corrected chi connectivity index (χ2v) is 4.42. The lowest BCUT2D eigenvalue weighted by molar-refractivity contribution is 0.548. The maximum atomic E-state index is 5.60. The third kappa shape index (κ3) is 3.53. The molecule has 2 heteroatoms. The first-order valence-corrected chi connectivity index (χ1v) is 6.25. The standard InChI is InChI=1S/C14H24N2/c1-4-12(3)11-16(5-2)14-8-6-13(10-15)7-9-14/h6-9,12H,4-5,10-11,15H2,1-3H3. The second-order valence-electron chi connectivity index (χ2n) is 4.42. The molecule has 0 aromatic heterocycles. The van der Waals surface area contributed by atoms with E-state index in [1.165, 1.54) is 17.7 Å². The van der Waals surface area contributed by atoms with Crippen LogP contribution < -0.4 is 10.6 Å². The number of hydrogen-bond acceptors (Lipinski definition) is 2. The van der Waals surface area contributed by atoms with Gasteiger partial charge in [-0.15, -0.1) is 0 Å². The predicted octanol–water partition coefficient (Wildman–Crippen LogP) is 3.02. The molecule has 0 spiro atoms. The normalized spacial score (nSPS) is 12.5. The van der Waals surface area contributed by atoms with Crippen molar-refractivity contribution in [2.24, 2.45) is 11.7 Å². The Morgan fingerprint density at radius 2 is 1.81 bits per heavy atom. The number of benzene rings is 1. The van der Waals surface area contributed by atoms with Crippen molar-refractivity contribution in [3.63, 3.8) is 0 Å². The summed E-state index contributed by atoms with van der Waals surface area (Å²) in [4.78, 5) is 2.43. The molecule has 0 saturated heterocycles. The van der Waals surface area contributed by atoms with Crippen LogP contribution in [0.5, 0.6) is 0 Å². The van der Waals surface area contributed by atoms with Gasteiger partial charge in [-0.1, -0.05) is 32.4 Å². The molecule has 1 unspecified atom stereocenters. The summed E-state index contributed by atoms with van der Waals surface area (Å²) >= 11 is 0. The van der Waals surface area contributed by atoms with Crippen LogP contribution in [0.2, 0.25) is 0 Å². The van der Waals surface area contributed by atoms with E-state index in [9.17, 15) is 0 Å². The summed E-state index contributed by atoms with van der Waals surface area (Å²) < 4.78 is 0. The summed E-state index contributed by atoms with van der Waals surface area (Å²) in [6.45, 7) is 9.57. The van der Waals surface area contributed by atoms with Crippen molar-refractivity contribution in [2.75, 3.05) is 18.0 Å². The van der Waals surface area contributed by atoms with Crippen LogP contribution in [-0.4, -0.2) is 13.1 Å². The van der Waals surface area contributed by atoms with E-state index >= 15 is 0 Å². The van der Waals surface area contributed by atoms with Gasteiger partial charge in [0.25, 0.3) is 0 Å². The van der Waals surface area contributed by atoms with Gasteiger partial charge < -0.3 is 10.6 Å². The van der Waals surface area contributed by atoms with E-state index in [4.69, 9.17) is 5.73 Å². The SMILES string of the molecule is CCC(C)CN(CC)c1ccc(CN)cc1. The molecule has 0 amide bonds. The predicted molar refractivity (Wildman–Crippen MR) is 71.7 cm³/mol. The number of anilines is 1. The Balaban J connectivity index is 2.70. The molecule has 0 bridgehead atoms. The Morgan fingerprint density at radius 1 is 1.19 bits per heavy atom. The molecule has 2 nitrogen and oxygen atoms in total. The van der Waals surface area contributed by atoms with Crippen LogP contribution in [0.3, 0.4) is 0 Å². The van der Waals surface area contributed by atoms with Gasteiger partial charge in [0.05, 0.1) is 0 Å². The van der Waals surface area contributed by atoms with Gasteiger partial charge in [0.1, 0.15) is 0 Å². The first-order chi connectivity index (χ1) is 7.71. The van der Waals surface area contributed by atoms with Crippen LogP contribution >= 0.6 is 0 Å². The van der Waals surface area contributed by atoms with Crippen LogP contribution in [-0.2, 0) is 6.54 Å². The molecule has 0 heterocycles. The maximum absolute atomic E-state index is 5.60. The Labute approximate surface area is 99.5 Å². The number of nitrogens with zero attached hydrogens (tertiary/aromatic N) is 1. The van der Waals surface area contributed by atoms with Gasteiger partial charge in [-0.2, -0.15) is 0 Å². The van der Waals surface area contributed by atoms with Gasteiger partial charge in [-0.3, -0.25) is 0 Å². The van der Waals surface area contributed by atoms with Crippen molar-refractivity contribution < 1.29 is 0 Å². The van der Waals surface area contributed by atoms with Crippen LogP contribution in [0.4, 0.5) is 5.69 Å². The average molecular weight is 220 g/mol. The quantitative estimate of drug-likeness (QED) is 0.798. The Morgan fingerprint density at radius 3 is 2.25 bits per heavy atom. The monoisotopic (exact) mass is 220 g/mol. The highest BCUT2D eigenvalue weighted by Gasteiger charge is 2.07. The largest absolute Gasteiger partial charge is 0.372 e. The van der Waals surface area contributed by atoms with Crippen LogP contribution in [0.15, 0.2) is 24.3 Å². The van der Waals surface area contributed by atoms with Crippen molar-refractivity contribution in [3.05, 3.63) is 29.8 Å². The van der Waals surface area contributed by atoms with Gasteiger partial charge >= 0.3 is 0 Å². The molecular weight excluding hydrogens is 196 g/mol. The lowest BCUT2D eigenvalue weighted by atomic mass is 10.1. The smallest absolute Gasteiger partial charge is 0.0366 e. The molecule has 1 rings (SSSR count). The summed E-state index contributed by atoms with van der Waals surface area (Å²) in [5.74, 6) is 0.745. The Kier molecular flexibility index (Phi) is 5.33. The van der Waals surface area contributed by atoms with Crippen LogP contribution in [0.25, 0.3) is 0 Å². The fourth-order valence-electron chi connectivity index (χ4n) is 1.77. The van der Waals surface area contributed by atoms with Crippen molar-refractivity contribution in [2.45, 2.75) is 33.7 Å². The van der Waals surface area contributed by atoms with E-state index in [1.807, 2.05) is 0 Å². The third-order valence-electron chi connectivity index (χ3n) is 3.15. The molecule has 0 fully saturated rings. The van der Waals surface area contributed by atoms with Gasteiger partial charge in [0, 0.05) is 25.3 Å². The van der Waals surface area contributed by atoms with E-state index in [0.29, 0.717) is 6.54 Å². The van der Waals surface area contributed by atoms with Gasteiger partial charge in [0.2, 0.25) is 0 Å². The molecule has 1 atom stereocenters. The molecule has 1 aromatic rings. The van der Waals surface area contributed by atoms with Crippen molar-refractivity contribution >= 4 is 5.69 Å². The second kappa shape index (κ2) is 6.54. The Bertz CT molecular complexity index is 292. The minimum absolute atomic E-state index is 0.623. The van der Waals surface area contributed by atoms with Crippen LogP contribution in [0, 0.1) is 5.92 Å². The Hall–Kier alpha value is -1.02. The number of rotatable bonds is 6. The minimum Gasteiger partial charge on any atom is -0.372 e. The molecular formula is C14H24N2. The van der Waals surface area contributed by atoms with Crippen molar-refractivity contribution in [1.29, 1.82) is 0 Å². The molecule has 90 valence electrons. The molecule has 2 N–H and O–H groups in total. The van der Waals surface area contributed by atoms with Gasteiger partial charge in [0.15, 0.2) is 0 Å². The van der Waals surface area contributed by atoms with Crippen molar-refractivity contribution in [3.8, 4) is 0 Å². The number of hydrogen-bond donors (Lipinski definition) is 1. The molecule has 0 saturated carbocycles. The topological polar surface area (TPSA) is 29.3 Å². The van der Waals surface area contributed by atoms with E-state index in [2.05, 4.69) is 49.9 Å². The number of nitrogens with two attached hydrogens (primary N) is 1. The molecule has 0 aliphatic heterocycles. The molecule has 0 aliphatic rings. The third-order valence-corrected chi connectivity index (χ3v) is 3.15. The van der Waals surface area contributed by atoms with Gasteiger partial charge in [-0.05, 0) is 30.5 Å². The van der Waals surface area contributed by atoms with E-state index in [0.717, 1.165) is 19.0 Å². The first-order valence-electron chi connectivity index (χ1n) is 6.25. The molecule has 0 aliphatic carbocycles. The molecule has 0 radical (unpaired) electrons. The fourth-order valence-corrected chi connectivity index (χ4v) is 1.77. The highest BCUT2D eigenvalue weighted by Crippen LogP contribution is 2.17. The summed E-state index contributed by atoms with van der Waals surface area (Å²) in [6, 6.07) is 8.59.